The predicted molar refractivity (Wildman–Crippen MR) is 71.9 cm³/mol. The molecule has 1 heterocycles. The third kappa shape index (κ3) is 2.55. The average Bonchev–Trinajstić information content (AvgIpc) is 2.35. The average molecular weight is 238 g/mol. The van der Waals surface area contributed by atoms with E-state index >= 15 is 0 Å². The Bertz CT molecular complexity index is 357. The van der Waals surface area contributed by atoms with E-state index in [9.17, 15) is 0 Å². The minimum atomic E-state index is 0.536. The maximum absolute atomic E-state index is 5.20. The van der Waals surface area contributed by atoms with E-state index in [1.54, 1.807) is 7.11 Å². The standard InChI is InChI=1S/C12H18N2OS/c1-15-10-3-4-11-12(7-10)13-8-9(14-11)5-6-16-2/h3-4,7,9,13-14H,5-6,8H2,1-2H3. The minimum absolute atomic E-state index is 0.536. The summed E-state index contributed by atoms with van der Waals surface area (Å²) in [4.78, 5) is 0. The van der Waals surface area contributed by atoms with E-state index in [-0.39, 0.29) is 0 Å². The van der Waals surface area contributed by atoms with E-state index in [1.165, 1.54) is 17.9 Å². The Balaban J connectivity index is 2.04. The van der Waals surface area contributed by atoms with Crippen molar-refractivity contribution < 1.29 is 4.74 Å². The van der Waals surface area contributed by atoms with Gasteiger partial charge in [-0.1, -0.05) is 0 Å². The number of anilines is 2. The van der Waals surface area contributed by atoms with Crippen LogP contribution >= 0.6 is 11.8 Å². The molecule has 4 heteroatoms. The van der Waals surface area contributed by atoms with Crippen molar-refractivity contribution in [3.8, 4) is 5.75 Å². The summed E-state index contributed by atoms with van der Waals surface area (Å²) >= 11 is 1.89. The summed E-state index contributed by atoms with van der Waals surface area (Å²) < 4.78 is 5.20. The first kappa shape index (κ1) is 11.5. The smallest absolute Gasteiger partial charge is 0.121 e. The molecule has 3 nitrogen and oxygen atoms in total. The maximum atomic E-state index is 5.20. The second-order valence-corrected chi connectivity index (χ2v) is 4.90. The molecular weight excluding hydrogens is 220 g/mol. The third-order valence-electron chi connectivity index (χ3n) is 2.80. The molecule has 1 aliphatic rings. The van der Waals surface area contributed by atoms with Gasteiger partial charge in [0, 0.05) is 18.7 Å². The molecular formula is C12H18N2OS. The van der Waals surface area contributed by atoms with E-state index in [0.29, 0.717) is 6.04 Å². The van der Waals surface area contributed by atoms with Gasteiger partial charge in [-0.25, -0.2) is 0 Å². The lowest BCUT2D eigenvalue weighted by Gasteiger charge is -2.28. The van der Waals surface area contributed by atoms with Crippen LogP contribution in [0.3, 0.4) is 0 Å². The van der Waals surface area contributed by atoms with Crippen LogP contribution < -0.4 is 15.4 Å². The van der Waals surface area contributed by atoms with Gasteiger partial charge in [0.1, 0.15) is 5.75 Å². The van der Waals surface area contributed by atoms with Crippen LogP contribution in [0.4, 0.5) is 11.4 Å². The molecule has 2 N–H and O–H groups in total. The first-order valence-electron chi connectivity index (χ1n) is 5.51. The van der Waals surface area contributed by atoms with E-state index in [0.717, 1.165) is 18.0 Å². The lowest BCUT2D eigenvalue weighted by molar-refractivity contribution is 0.415. The molecule has 0 aliphatic carbocycles. The van der Waals surface area contributed by atoms with Gasteiger partial charge < -0.3 is 15.4 Å². The van der Waals surface area contributed by atoms with Gasteiger partial charge in [-0.05, 0) is 30.6 Å². The van der Waals surface area contributed by atoms with Crippen molar-refractivity contribution in [1.29, 1.82) is 0 Å². The highest BCUT2D eigenvalue weighted by atomic mass is 32.2. The van der Waals surface area contributed by atoms with Crippen molar-refractivity contribution in [1.82, 2.24) is 0 Å². The van der Waals surface area contributed by atoms with Crippen molar-refractivity contribution in [2.45, 2.75) is 12.5 Å². The molecule has 0 bridgehead atoms. The van der Waals surface area contributed by atoms with Crippen molar-refractivity contribution in [2.24, 2.45) is 0 Å². The fourth-order valence-electron chi connectivity index (χ4n) is 1.86. The summed E-state index contributed by atoms with van der Waals surface area (Å²) in [5, 5.41) is 7.00. The molecule has 0 saturated carbocycles. The molecule has 1 aromatic rings. The Kier molecular flexibility index (Phi) is 3.83. The normalized spacial score (nSPS) is 18.2. The van der Waals surface area contributed by atoms with Crippen LogP contribution in [-0.2, 0) is 0 Å². The maximum Gasteiger partial charge on any atom is 0.121 e. The van der Waals surface area contributed by atoms with Crippen LogP contribution in [0.5, 0.6) is 5.75 Å². The summed E-state index contributed by atoms with van der Waals surface area (Å²) in [6.07, 6.45) is 3.34. The van der Waals surface area contributed by atoms with Gasteiger partial charge >= 0.3 is 0 Å². The van der Waals surface area contributed by atoms with Crippen molar-refractivity contribution >= 4 is 23.1 Å². The lowest BCUT2D eigenvalue weighted by Crippen LogP contribution is -2.33. The van der Waals surface area contributed by atoms with Crippen LogP contribution in [0.1, 0.15) is 6.42 Å². The van der Waals surface area contributed by atoms with Crippen molar-refractivity contribution in [3.63, 3.8) is 0 Å². The van der Waals surface area contributed by atoms with Gasteiger partial charge in [0.05, 0.1) is 18.5 Å². The second-order valence-electron chi connectivity index (χ2n) is 3.92. The SMILES string of the molecule is COc1ccc2c(c1)NCC(CCSC)N2. The number of hydrogen-bond acceptors (Lipinski definition) is 4. The fourth-order valence-corrected chi connectivity index (χ4v) is 2.38. The Labute approximate surface area is 101 Å². The van der Waals surface area contributed by atoms with Crippen LogP contribution in [0.25, 0.3) is 0 Å². The second kappa shape index (κ2) is 5.34. The molecule has 0 aromatic heterocycles. The number of ether oxygens (including phenoxy) is 1. The molecule has 1 unspecified atom stereocenters. The van der Waals surface area contributed by atoms with E-state index in [4.69, 9.17) is 4.74 Å². The number of rotatable bonds is 4. The summed E-state index contributed by atoms with van der Waals surface area (Å²) in [7, 11) is 1.69. The van der Waals surface area contributed by atoms with Gasteiger partial charge in [-0.15, -0.1) is 0 Å². The summed E-state index contributed by atoms with van der Waals surface area (Å²) in [5.74, 6) is 2.10. The lowest BCUT2D eigenvalue weighted by atomic mass is 10.1. The zero-order valence-corrected chi connectivity index (χ0v) is 10.6. The Morgan fingerprint density at radius 1 is 1.44 bits per heavy atom. The molecule has 0 amide bonds. The first-order chi connectivity index (χ1) is 7.83. The summed E-state index contributed by atoms with van der Waals surface area (Å²) in [6, 6.07) is 6.64. The van der Waals surface area contributed by atoms with Crippen molar-refractivity contribution in [2.75, 3.05) is 36.3 Å². The van der Waals surface area contributed by atoms with Gasteiger partial charge in [0.15, 0.2) is 0 Å². The van der Waals surface area contributed by atoms with E-state index in [1.807, 2.05) is 23.9 Å². The molecule has 2 rings (SSSR count). The number of hydrogen-bond donors (Lipinski definition) is 2. The van der Waals surface area contributed by atoms with Crippen LogP contribution in [-0.4, -0.2) is 31.7 Å². The molecule has 88 valence electrons. The van der Waals surface area contributed by atoms with Gasteiger partial charge in [-0.2, -0.15) is 11.8 Å². The Morgan fingerprint density at radius 3 is 3.06 bits per heavy atom. The highest BCUT2D eigenvalue weighted by molar-refractivity contribution is 7.98. The first-order valence-corrected chi connectivity index (χ1v) is 6.90. The molecule has 0 spiro atoms. The number of benzene rings is 1. The number of methoxy groups -OCH3 is 1. The fraction of sp³-hybridized carbons (Fsp3) is 0.500. The van der Waals surface area contributed by atoms with Crippen LogP contribution in [0.15, 0.2) is 18.2 Å². The van der Waals surface area contributed by atoms with Gasteiger partial charge in [-0.3, -0.25) is 0 Å². The molecule has 0 radical (unpaired) electrons. The Hall–Kier alpha value is -1.03. The molecule has 1 aromatic carbocycles. The van der Waals surface area contributed by atoms with Gasteiger partial charge in [0.25, 0.3) is 0 Å². The zero-order chi connectivity index (χ0) is 11.4. The predicted octanol–water partition coefficient (Wildman–Crippen LogP) is 2.65. The Morgan fingerprint density at radius 2 is 2.31 bits per heavy atom. The van der Waals surface area contributed by atoms with E-state index < -0.39 is 0 Å². The van der Waals surface area contributed by atoms with Gasteiger partial charge in [0.2, 0.25) is 0 Å². The monoisotopic (exact) mass is 238 g/mol. The van der Waals surface area contributed by atoms with E-state index in [2.05, 4.69) is 23.0 Å². The topological polar surface area (TPSA) is 33.3 Å². The molecule has 1 aliphatic heterocycles. The summed E-state index contributed by atoms with van der Waals surface area (Å²) in [5.41, 5.74) is 2.32. The summed E-state index contributed by atoms with van der Waals surface area (Å²) in [6.45, 7) is 0.987. The van der Waals surface area contributed by atoms with Crippen LogP contribution in [0.2, 0.25) is 0 Å². The number of thioether (sulfide) groups is 1. The highest BCUT2D eigenvalue weighted by Crippen LogP contribution is 2.30. The number of fused-ring (bicyclic) bond motifs is 1. The quantitative estimate of drug-likeness (QED) is 0.845. The highest BCUT2D eigenvalue weighted by Gasteiger charge is 2.16. The molecule has 0 fully saturated rings. The van der Waals surface area contributed by atoms with Crippen molar-refractivity contribution in [3.05, 3.63) is 18.2 Å². The van der Waals surface area contributed by atoms with Crippen LogP contribution in [0, 0.1) is 0 Å². The third-order valence-corrected chi connectivity index (χ3v) is 3.44. The zero-order valence-electron chi connectivity index (χ0n) is 9.75. The number of nitrogens with one attached hydrogen (secondary N) is 2. The molecule has 0 saturated heterocycles. The molecule has 16 heavy (non-hydrogen) atoms. The molecule has 1 atom stereocenters. The minimum Gasteiger partial charge on any atom is -0.497 e. The largest absolute Gasteiger partial charge is 0.497 e.